The van der Waals surface area contributed by atoms with Crippen LogP contribution in [0.4, 0.5) is 0 Å². The Hall–Kier alpha value is -1.13. The van der Waals surface area contributed by atoms with E-state index in [4.69, 9.17) is 4.52 Å². The lowest BCUT2D eigenvalue weighted by Crippen LogP contribution is -2.11. The van der Waals surface area contributed by atoms with Crippen molar-refractivity contribution in [3.8, 4) is 10.6 Å². The van der Waals surface area contributed by atoms with Crippen LogP contribution >= 0.6 is 11.3 Å². The molecule has 0 spiro atoms. The summed E-state index contributed by atoms with van der Waals surface area (Å²) in [5.74, 6) is 0.805. The molecule has 2 aromatic heterocycles. The van der Waals surface area contributed by atoms with Crippen LogP contribution in [0, 0.1) is 0 Å². The SMILES string of the molecule is OCC1(c2cc(-c3cccs3)on2)CC1. The molecule has 1 N–H and O–H groups in total. The molecule has 1 aliphatic carbocycles. The molecule has 78 valence electrons. The third-order valence-corrected chi connectivity index (χ3v) is 3.86. The fourth-order valence-corrected chi connectivity index (χ4v) is 2.38. The summed E-state index contributed by atoms with van der Waals surface area (Å²) in [6.45, 7) is 0.170. The molecule has 0 amide bonds. The Labute approximate surface area is 91.3 Å². The van der Waals surface area contributed by atoms with Gasteiger partial charge in [-0.1, -0.05) is 11.2 Å². The summed E-state index contributed by atoms with van der Waals surface area (Å²) in [5, 5.41) is 15.3. The van der Waals surface area contributed by atoms with Gasteiger partial charge >= 0.3 is 0 Å². The maximum Gasteiger partial charge on any atom is 0.177 e. The van der Waals surface area contributed by atoms with Crippen molar-refractivity contribution in [1.29, 1.82) is 0 Å². The van der Waals surface area contributed by atoms with Crippen molar-refractivity contribution in [2.45, 2.75) is 18.3 Å². The molecular formula is C11H11NO2S. The lowest BCUT2D eigenvalue weighted by atomic mass is 10.0. The van der Waals surface area contributed by atoms with E-state index in [2.05, 4.69) is 5.16 Å². The van der Waals surface area contributed by atoms with E-state index >= 15 is 0 Å². The topological polar surface area (TPSA) is 46.3 Å². The van der Waals surface area contributed by atoms with Gasteiger partial charge < -0.3 is 9.63 Å². The number of thiophene rings is 1. The fourth-order valence-electron chi connectivity index (χ4n) is 1.71. The molecule has 3 nitrogen and oxygen atoms in total. The van der Waals surface area contributed by atoms with Crippen molar-refractivity contribution in [3.05, 3.63) is 29.3 Å². The van der Waals surface area contributed by atoms with Gasteiger partial charge in [0, 0.05) is 11.5 Å². The molecule has 2 heterocycles. The molecule has 4 heteroatoms. The van der Waals surface area contributed by atoms with Crippen LogP contribution in [0.2, 0.25) is 0 Å². The Kier molecular flexibility index (Phi) is 1.94. The molecule has 0 bridgehead atoms. The number of rotatable bonds is 3. The molecule has 1 saturated carbocycles. The Bertz CT molecular complexity index is 457. The van der Waals surface area contributed by atoms with Crippen LogP contribution in [0.1, 0.15) is 18.5 Å². The molecule has 0 unspecified atom stereocenters. The molecule has 2 aromatic rings. The lowest BCUT2D eigenvalue weighted by molar-refractivity contribution is 0.248. The van der Waals surface area contributed by atoms with E-state index in [0.717, 1.165) is 29.2 Å². The van der Waals surface area contributed by atoms with E-state index in [9.17, 15) is 5.11 Å². The molecular weight excluding hydrogens is 210 g/mol. The van der Waals surface area contributed by atoms with Gasteiger partial charge in [0.2, 0.25) is 0 Å². The van der Waals surface area contributed by atoms with Crippen LogP contribution in [0.3, 0.4) is 0 Å². The summed E-state index contributed by atoms with van der Waals surface area (Å²) in [6, 6.07) is 5.95. The van der Waals surface area contributed by atoms with E-state index in [1.165, 1.54) is 0 Å². The highest BCUT2D eigenvalue weighted by Crippen LogP contribution is 2.47. The third-order valence-electron chi connectivity index (χ3n) is 2.97. The lowest BCUT2D eigenvalue weighted by Gasteiger charge is -2.04. The van der Waals surface area contributed by atoms with E-state index in [0.29, 0.717) is 0 Å². The Morgan fingerprint density at radius 1 is 1.53 bits per heavy atom. The first-order valence-electron chi connectivity index (χ1n) is 4.96. The molecule has 1 aliphatic rings. The van der Waals surface area contributed by atoms with E-state index in [1.54, 1.807) is 11.3 Å². The van der Waals surface area contributed by atoms with Crippen molar-refractivity contribution in [1.82, 2.24) is 5.16 Å². The first-order chi connectivity index (χ1) is 7.34. The second kappa shape index (κ2) is 3.18. The highest BCUT2D eigenvalue weighted by atomic mass is 32.1. The van der Waals surface area contributed by atoms with Crippen molar-refractivity contribution in [2.24, 2.45) is 0 Å². The van der Waals surface area contributed by atoms with Crippen LogP contribution in [0.25, 0.3) is 10.6 Å². The first kappa shape index (κ1) is 9.12. The maximum absolute atomic E-state index is 9.27. The van der Waals surface area contributed by atoms with Crippen LogP contribution in [-0.4, -0.2) is 16.9 Å². The third kappa shape index (κ3) is 1.41. The van der Waals surface area contributed by atoms with Crippen LogP contribution in [-0.2, 0) is 5.41 Å². The van der Waals surface area contributed by atoms with Gasteiger partial charge in [-0.15, -0.1) is 11.3 Å². The van der Waals surface area contributed by atoms with E-state index < -0.39 is 0 Å². The number of aliphatic hydroxyl groups excluding tert-OH is 1. The smallest absolute Gasteiger partial charge is 0.177 e. The molecule has 0 aliphatic heterocycles. The summed E-state index contributed by atoms with van der Waals surface area (Å²) in [4.78, 5) is 1.09. The summed E-state index contributed by atoms with van der Waals surface area (Å²) in [5.41, 5.74) is 0.798. The van der Waals surface area contributed by atoms with Gasteiger partial charge in [-0.05, 0) is 24.3 Å². The average molecular weight is 221 g/mol. The highest BCUT2D eigenvalue weighted by molar-refractivity contribution is 7.13. The quantitative estimate of drug-likeness (QED) is 0.865. The molecule has 0 saturated heterocycles. The van der Waals surface area contributed by atoms with Crippen LogP contribution in [0.15, 0.2) is 28.1 Å². The number of hydrogen-bond donors (Lipinski definition) is 1. The molecule has 3 rings (SSSR count). The van der Waals surface area contributed by atoms with Crippen LogP contribution in [0.5, 0.6) is 0 Å². The van der Waals surface area contributed by atoms with Gasteiger partial charge in [0.05, 0.1) is 17.2 Å². The zero-order valence-electron chi connectivity index (χ0n) is 8.14. The fraction of sp³-hybridized carbons (Fsp3) is 0.364. The number of hydrogen-bond acceptors (Lipinski definition) is 4. The Morgan fingerprint density at radius 3 is 3.00 bits per heavy atom. The van der Waals surface area contributed by atoms with Crippen molar-refractivity contribution >= 4 is 11.3 Å². The molecule has 0 radical (unpaired) electrons. The van der Waals surface area contributed by atoms with Gasteiger partial charge in [0.25, 0.3) is 0 Å². The van der Waals surface area contributed by atoms with Gasteiger partial charge in [0.15, 0.2) is 5.76 Å². The summed E-state index contributed by atoms with van der Waals surface area (Å²) < 4.78 is 5.29. The Balaban J connectivity index is 1.95. The van der Waals surface area contributed by atoms with E-state index in [1.807, 2.05) is 23.6 Å². The summed E-state index contributed by atoms with van der Waals surface area (Å²) >= 11 is 1.63. The predicted molar refractivity (Wildman–Crippen MR) is 57.8 cm³/mol. The van der Waals surface area contributed by atoms with Gasteiger partial charge in [-0.2, -0.15) is 0 Å². The Morgan fingerprint density at radius 2 is 2.40 bits per heavy atom. The van der Waals surface area contributed by atoms with Gasteiger partial charge in [-0.25, -0.2) is 0 Å². The van der Waals surface area contributed by atoms with Crippen molar-refractivity contribution in [3.63, 3.8) is 0 Å². The standard InChI is InChI=1S/C11H11NO2S/c13-7-11(3-4-11)10-6-8(14-12-10)9-2-1-5-15-9/h1-2,5-6,13H,3-4,7H2. The maximum atomic E-state index is 9.27. The highest BCUT2D eigenvalue weighted by Gasteiger charge is 2.46. The molecule has 15 heavy (non-hydrogen) atoms. The van der Waals surface area contributed by atoms with Gasteiger partial charge in [0.1, 0.15) is 0 Å². The largest absolute Gasteiger partial charge is 0.395 e. The number of nitrogens with zero attached hydrogens (tertiary/aromatic N) is 1. The predicted octanol–water partition coefficient (Wildman–Crippen LogP) is 2.43. The zero-order valence-corrected chi connectivity index (χ0v) is 8.96. The molecule has 0 aromatic carbocycles. The second-order valence-corrected chi connectivity index (χ2v) is 4.94. The zero-order chi connectivity index (χ0) is 10.3. The first-order valence-corrected chi connectivity index (χ1v) is 5.84. The minimum absolute atomic E-state index is 0.0982. The molecule has 0 atom stereocenters. The summed E-state index contributed by atoms with van der Waals surface area (Å²) in [6.07, 6.45) is 2.03. The molecule has 1 fully saturated rings. The minimum atomic E-state index is -0.0982. The monoisotopic (exact) mass is 221 g/mol. The average Bonchev–Trinajstić information content (AvgIpc) is 2.74. The van der Waals surface area contributed by atoms with Crippen molar-refractivity contribution < 1.29 is 9.63 Å². The minimum Gasteiger partial charge on any atom is -0.395 e. The van der Waals surface area contributed by atoms with E-state index in [-0.39, 0.29) is 12.0 Å². The number of aromatic nitrogens is 1. The van der Waals surface area contributed by atoms with Crippen molar-refractivity contribution in [2.75, 3.05) is 6.61 Å². The normalized spacial score (nSPS) is 17.9. The summed E-state index contributed by atoms with van der Waals surface area (Å²) in [7, 11) is 0. The number of aliphatic hydroxyl groups is 1. The van der Waals surface area contributed by atoms with Crippen LogP contribution < -0.4 is 0 Å². The second-order valence-electron chi connectivity index (χ2n) is 3.99. The van der Waals surface area contributed by atoms with Gasteiger partial charge in [-0.3, -0.25) is 0 Å².